The summed E-state index contributed by atoms with van der Waals surface area (Å²) in [5.41, 5.74) is 0. The number of ether oxygens (including phenoxy) is 1. The monoisotopic (exact) mass is 250 g/mol. The van der Waals surface area contributed by atoms with Crippen LogP contribution in [0.25, 0.3) is 0 Å². The molecule has 1 saturated heterocycles. The van der Waals surface area contributed by atoms with Gasteiger partial charge in [-0.15, -0.1) is 0 Å². The quantitative estimate of drug-likeness (QED) is 0.647. The maximum atomic E-state index is 11.5. The van der Waals surface area contributed by atoms with Gasteiger partial charge in [0.05, 0.1) is 31.1 Å². The molecule has 0 saturated carbocycles. The van der Waals surface area contributed by atoms with Crippen molar-refractivity contribution in [2.45, 2.75) is 32.4 Å². The van der Waals surface area contributed by atoms with Crippen LogP contribution in [0.15, 0.2) is 0 Å². The number of sulfonamides is 1. The summed E-state index contributed by atoms with van der Waals surface area (Å²) in [6, 6.07) is -0.720. The van der Waals surface area contributed by atoms with Crippen LogP contribution in [-0.4, -0.2) is 45.4 Å². The summed E-state index contributed by atoms with van der Waals surface area (Å²) < 4.78 is 30.0. The van der Waals surface area contributed by atoms with Gasteiger partial charge in [0.2, 0.25) is 15.9 Å². The Morgan fingerprint density at radius 1 is 1.50 bits per heavy atom. The van der Waals surface area contributed by atoms with Gasteiger partial charge in [-0.2, -0.15) is 0 Å². The first-order valence-corrected chi connectivity index (χ1v) is 6.98. The molecule has 0 aliphatic carbocycles. The Bertz CT molecular complexity index is 337. The average Bonchev–Trinajstić information content (AvgIpc) is 2.09. The van der Waals surface area contributed by atoms with Gasteiger partial charge in [-0.3, -0.25) is 4.79 Å². The van der Waals surface area contributed by atoms with Crippen molar-refractivity contribution in [3.8, 4) is 0 Å². The molecule has 0 aromatic heterocycles. The lowest BCUT2D eigenvalue weighted by molar-refractivity contribution is -0.126. The lowest BCUT2D eigenvalue weighted by Crippen LogP contribution is -2.54. The number of hydrogen-bond donors (Lipinski definition) is 2. The van der Waals surface area contributed by atoms with Gasteiger partial charge >= 0.3 is 0 Å². The van der Waals surface area contributed by atoms with Crippen LogP contribution >= 0.6 is 0 Å². The highest BCUT2D eigenvalue weighted by atomic mass is 32.2. The molecule has 1 unspecified atom stereocenters. The van der Waals surface area contributed by atoms with Crippen molar-refractivity contribution in [2.24, 2.45) is 0 Å². The smallest absolute Gasteiger partial charge is 0.238 e. The number of carbonyl (C=O) groups is 1. The van der Waals surface area contributed by atoms with Crippen molar-refractivity contribution in [3.05, 3.63) is 0 Å². The molecule has 0 spiro atoms. The van der Waals surface area contributed by atoms with Crippen molar-refractivity contribution < 1.29 is 17.9 Å². The average molecular weight is 250 g/mol. The molecule has 1 rings (SSSR count). The first-order valence-electron chi connectivity index (χ1n) is 5.32. The van der Waals surface area contributed by atoms with Gasteiger partial charge in [-0.25, -0.2) is 13.1 Å². The molecular formula is C9H18N2O4S. The summed E-state index contributed by atoms with van der Waals surface area (Å²) in [6.07, 6.45) is 0.528. The molecule has 7 heteroatoms. The van der Waals surface area contributed by atoms with E-state index in [4.69, 9.17) is 4.74 Å². The number of carbonyl (C=O) groups excluding carboxylic acids is 1. The molecule has 0 aromatic rings. The third-order valence-corrected chi connectivity index (χ3v) is 3.87. The minimum absolute atomic E-state index is 0.0191. The van der Waals surface area contributed by atoms with Crippen LogP contribution in [0.4, 0.5) is 0 Å². The molecule has 1 fully saturated rings. The fourth-order valence-corrected chi connectivity index (χ4v) is 2.60. The van der Waals surface area contributed by atoms with Crippen molar-refractivity contribution >= 4 is 15.9 Å². The highest BCUT2D eigenvalue weighted by Gasteiger charge is 2.25. The van der Waals surface area contributed by atoms with Crippen molar-refractivity contribution in [1.29, 1.82) is 0 Å². The van der Waals surface area contributed by atoms with Crippen molar-refractivity contribution in [2.75, 3.05) is 19.0 Å². The lowest BCUT2D eigenvalue weighted by atomic mass is 10.2. The van der Waals surface area contributed by atoms with Gasteiger partial charge in [0, 0.05) is 0 Å². The minimum Gasteiger partial charge on any atom is -0.377 e. The topological polar surface area (TPSA) is 84.5 Å². The standard InChI is InChI=1S/C9H18N2O4S/c1-3-4-16(13,14)11-7(2)9(12)10-8-5-15-6-8/h7-8,11H,3-6H2,1-2H3,(H,10,12). The summed E-state index contributed by atoms with van der Waals surface area (Å²) in [5.74, 6) is -0.273. The molecule has 0 radical (unpaired) electrons. The highest BCUT2D eigenvalue weighted by molar-refractivity contribution is 7.89. The molecule has 1 heterocycles. The van der Waals surface area contributed by atoms with Gasteiger partial charge in [0.25, 0.3) is 0 Å². The van der Waals surface area contributed by atoms with E-state index >= 15 is 0 Å². The van der Waals surface area contributed by atoms with E-state index in [0.29, 0.717) is 19.6 Å². The summed E-state index contributed by atoms with van der Waals surface area (Å²) in [6.45, 7) is 4.30. The zero-order chi connectivity index (χ0) is 12.2. The normalized spacial score (nSPS) is 18.9. The number of amides is 1. The molecule has 1 amide bonds. The number of hydrogen-bond acceptors (Lipinski definition) is 4. The predicted molar refractivity (Wildman–Crippen MR) is 59.4 cm³/mol. The van der Waals surface area contributed by atoms with E-state index in [1.54, 1.807) is 6.92 Å². The van der Waals surface area contributed by atoms with Crippen LogP contribution in [0.5, 0.6) is 0 Å². The molecule has 1 aliphatic heterocycles. The Balaban J connectivity index is 2.38. The van der Waals surface area contributed by atoms with Gasteiger partial charge in [0.1, 0.15) is 0 Å². The number of rotatable bonds is 6. The van der Waals surface area contributed by atoms with E-state index in [9.17, 15) is 13.2 Å². The minimum atomic E-state index is -3.34. The fraction of sp³-hybridized carbons (Fsp3) is 0.889. The van der Waals surface area contributed by atoms with E-state index in [1.807, 2.05) is 0 Å². The van der Waals surface area contributed by atoms with E-state index in [0.717, 1.165) is 0 Å². The highest BCUT2D eigenvalue weighted by Crippen LogP contribution is 2.00. The second-order valence-electron chi connectivity index (χ2n) is 3.90. The molecular weight excluding hydrogens is 232 g/mol. The summed E-state index contributed by atoms with van der Waals surface area (Å²) in [4.78, 5) is 11.5. The Morgan fingerprint density at radius 2 is 2.12 bits per heavy atom. The second-order valence-corrected chi connectivity index (χ2v) is 5.77. The Labute approximate surface area is 95.8 Å². The Hall–Kier alpha value is -0.660. The SMILES string of the molecule is CCCS(=O)(=O)NC(C)C(=O)NC1COC1. The summed E-state index contributed by atoms with van der Waals surface area (Å²) in [7, 11) is -3.34. The first-order chi connectivity index (χ1) is 7.44. The fourth-order valence-electron chi connectivity index (χ4n) is 1.30. The molecule has 6 nitrogen and oxygen atoms in total. The molecule has 94 valence electrons. The van der Waals surface area contributed by atoms with E-state index in [-0.39, 0.29) is 17.7 Å². The third kappa shape index (κ3) is 4.07. The van der Waals surface area contributed by atoms with Crippen LogP contribution in [0.1, 0.15) is 20.3 Å². The van der Waals surface area contributed by atoms with E-state index in [2.05, 4.69) is 10.0 Å². The number of nitrogens with one attached hydrogen (secondary N) is 2. The molecule has 0 aromatic carbocycles. The Morgan fingerprint density at radius 3 is 2.56 bits per heavy atom. The first kappa shape index (κ1) is 13.4. The maximum absolute atomic E-state index is 11.5. The van der Waals surface area contributed by atoms with Gasteiger partial charge in [-0.05, 0) is 13.3 Å². The molecule has 1 aliphatic rings. The van der Waals surface area contributed by atoms with Crippen LogP contribution in [0, 0.1) is 0 Å². The van der Waals surface area contributed by atoms with Crippen molar-refractivity contribution in [3.63, 3.8) is 0 Å². The van der Waals surface area contributed by atoms with Gasteiger partial charge in [0.15, 0.2) is 0 Å². The summed E-state index contributed by atoms with van der Waals surface area (Å²) >= 11 is 0. The third-order valence-electron chi connectivity index (χ3n) is 2.21. The van der Waals surface area contributed by atoms with Crippen LogP contribution < -0.4 is 10.0 Å². The van der Waals surface area contributed by atoms with Crippen molar-refractivity contribution in [1.82, 2.24) is 10.0 Å². The van der Waals surface area contributed by atoms with Crippen LogP contribution in [0.3, 0.4) is 0 Å². The second kappa shape index (κ2) is 5.60. The van der Waals surface area contributed by atoms with Gasteiger partial charge in [-0.1, -0.05) is 6.92 Å². The molecule has 16 heavy (non-hydrogen) atoms. The largest absolute Gasteiger partial charge is 0.377 e. The Kier molecular flexibility index (Phi) is 4.69. The summed E-state index contributed by atoms with van der Waals surface area (Å²) in [5, 5.41) is 2.69. The van der Waals surface area contributed by atoms with Crippen LogP contribution in [-0.2, 0) is 19.6 Å². The maximum Gasteiger partial charge on any atom is 0.238 e. The zero-order valence-electron chi connectivity index (χ0n) is 9.52. The zero-order valence-corrected chi connectivity index (χ0v) is 10.3. The molecule has 1 atom stereocenters. The van der Waals surface area contributed by atoms with Crippen LogP contribution in [0.2, 0.25) is 0 Å². The predicted octanol–water partition coefficient (Wildman–Crippen LogP) is -0.781. The molecule has 2 N–H and O–H groups in total. The molecule has 0 bridgehead atoms. The van der Waals surface area contributed by atoms with Gasteiger partial charge < -0.3 is 10.1 Å². The van der Waals surface area contributed by atoms with E-state index in [1.165, 1.54) is 6.92 Å². The lowest BCUT2D eigenvalue weighted by Gasteiger charge is -2.28. The van der Waals surface area contributed by atoms with E-state index < -0.39 is 16.1 Å².